The number of carbonyl (C=O) groups is 2. The van der Waals surface area contributed by atoms with E-state index >= 15 is 0 Å². The zero-order valence-electron chi connectivity index (χ0n) is 8.18. The topological polar surface area (TPSA) is 83.9 Å². The number of Topliss-reactive ketones (excluding diaryl/α,β-unsaturated/α-hetero) is 1. The van der Waals surface area contributed by atoms with Gasteiger partial charge in [0.15, 0.2) is 5.88 Å². The normalized spacial score (nSPS) is 19.6. The Morgan fingerprint density at radius 1 is 1.60 bits per heavy atom. The second-order valence-electron chi connectivity index (χ2n) is 2.90. The highest BCUT2D eigenvalue weighted by Crippen LogP contribution is 2.28. The summed E-state index contributed by atoms with van der Waals surface area (Å²) < 4.78 is 4.86. The van der Waals surface area contributed by atoms with Gasteiger partial charge in [0.05, 0.1) is 7.11 Å². The first kappa shape index (κ1) is 11.0. The monoisotopic (exact) mass is 211 g/mol. The van der Waals surface area contributed by atoms with Crippen molar-refractivity contribution in [1.29, 1.82) is 0 Å². The minimum atomic E-state index is -1.59. The van der Waals surface area contributed by atoms with Gasteiger partial charge in [0.1, 0.15) is 17.6 Å². The van der Waals surface area contributed by atoms with E-state index in [0.717, 1.165) is 0 Å². The number of ketones is 1. The number of allylic oxidation sites excluding steroid dienone is 1. The van der Waals surface area contributed by atoms with Crippen LogP contribution >= 0.6 is 0 Å². The molecule has 1 aliphatic rings. The number of rotatable bonds is 3. The number of carboxylic acids is 1. The Balaban J connectivity index is 3.09. The van der Waals surface area contributed by atoms with Crippen molar-refractivity contribution >= 4 is 17.7 Å². The number of carbonyl (C=O) groups excluding carboxylic acids is 2. The molecular formula is C9H9NO5. The maximum atomic E-state index is 11.2. The molecule has 1 heterocycles. The Hall–Kier alpha value is -2.07. The number of methoxy groups -OCH3 is 1. The third-order valence-electron chi connectivity index (χ3n) is 2.10. The molecule has 6 nitrogen and oxygen atoms in total. The van der Waals surface area contributed by atoms with Crippen LogP contribution in [0.25, 0.3) is 0 Å². The lowest BCUT2D eigenvalue weighted by atomic mass is 10.0. The first-order valence-corrected chi connectivity index (χ1v) is 4.04. The molecule has 0 fully saturated rings. The van der Waals surface area contributed by atoms with Gasteiger partial charge in [0.25, 0.3) is 5.78 Å². The fraction of sp³-hybridized carbons (Fsp3) is 0.333. The third kappa shape index (κ3) is 1.75. The van der Waals surface area contributed by atoms with Gasteiger partial charge in [0.2, 0.25) is 0 Å². The van der Waals surface area contributed by atoms with Gasteiger partial charge in [-0.15, -0.1) is 0 Å². The Morgan fingerprint density at radius 3 is 2.60 bits per heavy atom. The lowest BCUT2D eigenvalue weighted by Crippen LogP contribution is -2.25. The molecule has 0 saturated heterocycles. The first-order chi connectivity index (χ1) is 7.02. The molecule has 0 aromatic carbocycles. The molecule has 0 aromatic heterocycles. The molecule has 0 radical (unpaired) electrons. The van der Waals surface area contributed by atoms with E-state index in [9.17, 15) is 14.4 Å². The van der Waals surface area contributed by atoms with Crippen molar-refractivity contribution in [3.05, 3.63) is 17.7 Å². The number of aliphatic carboxylic acids is 1. The smallest absolute Gasteiger partial charge is 0.373 e. The van der Waals surface area contributed by atoms with Gasteiger partial charge in [0, 0.05) is 7.05 Å². The third-order valence-corrected chi connectivity index (χ3v) is 2.10. The molecule has 1 N–H and O–H groups in total. The van der Waals surface area contributed by atoms with E-state index in [4.69, 9.17) is 9.84 Å². The number of ether oxygens (including phenoxy) is 1. The molecule has 80 valence electrons. The van der Waals surface area contributed by atoms with Crippen LogP contribution in [0.4, 0.5) is 0 Å². The molecule has 0 aromatic rings. The van der Waals surface area contributed by atoms with Crippen molar-refractivity contribution in [3.8, 4) is 0 Å². The molecule has 6 heteroatoms. The summed E-state index contributed by atoms with van der Waals surface area (Å²) in [7, 11) is 2.85. The molecule has 1 atom stereocenters. The van der Waals surface area contributed by atoms with E-state index in [1.165, 1.54) is 25.1 Å². The first-order valence-electron chi connectivity index (χ1n) is 4.04. The van der Waals surface area contributed by atoms with E-state index in [0.29, 0.717) is 0 Å². The van der Waals surface area contributed by atoms with E-state index in [1.807, 2.05) is 0 Å². The van der Waals surface area contributed by atoms with Gasteiger partial charge in [-0.05, 0) is 6.08 Å². The summed E-state index contributed by atoms with van der Waals surface area (Å²) in [6, 6.07) is 0. The molecule has 0 spiro atoms. The Bertz CT molecular complexity index is 391. The van der Waals surface area contributed by atoms with Crippen LogP contribution in [-0.2, 0) is 19.1 Å². The summed E-state index contributed by atoms with van der Waals surface area (Å²) in [5, 5.41) is 8.52. The minimum absolute atomic E-state index is 0.0562. The van der Waals surface area contributed by atoms with Crippen molar-refractivity contribution in [2.24, 2.45) is 5.92 Å². The lowest BCUT2D eigenvalue weighted by Gasteiger charge is -2.15. The summed E-state index contributed by atoms with van der Waals surface area (Å²) in [6.45, 7) is 0. The van der Waals surface area contributed by atoms with Gasteiger partial charge in [-0.25, -0.2) is 9.59 Å². The number of carboxylic acid groups (broad SMARTS) is 1. The maximum Gasteiger partial charge on any atom is 0.373 e. The van der Waals surface area contributed by atoms with Crippen LogP contribution in [0.5, 0.6) is 0 Å². The molecule has 1 rings (SSSR count). The van der Waals surface area contributed by atoms with Crippen LogP contribution in [0.1, 0.15) is 0 Å². The van der Waals surface area contributed by atoms with Crippen molar-refractivity contribution < 1.29 is 24.2 Å². The van der Waals surface area contributed by atoms with Gasteiger partial charge < -0.3 is 14.7 Å². The summed E-state index contributed by atoms with van der Waals surface area (Å²) in [5.74, 6) is -1.98. The van der Waals surface area contributed by atoms with E-state index in [1.54, 1.807) is 5.94 Å². The highest BCUT2D eigenvalue weighted by molar-refractivity contribution is 6.35. The SMILES string of the molecule is COC1=CC(C(=O)C(=O)O)C(=C=O)N1C. The summed E-state index contributed by atoms with van der Waals surface area (Å²) in [5.41, 5.74) is -0.0562. The van der Waals surface area contributed by atoms with Crippen LogP contribution in [0.15, 0.2) is 17.7 Å². The molecule has 1 unspecified atom stereocenters. The summed E-state index contributed by atoms with van der Waals surface area (Å²) >= 11 is 0. The van der Waals surface area contributed by atoms with Gasteiger partial charge in [-0.2, -0.15) is 0 Å². The highest BCUT2D eigenvalue weighted by atomic mass is 16.5. The fourth-order valence-electron chi connectivity index (χ4n) is 1.33. The van der Waals surface area contributed by atoms with Crippen LogP contribution in [0.2, 0.25) is 0 Å². The molecular weight excluding hydrogens is 202 g/mol. The summed E-state index contributed by atoms with van der Waals surface area (Å²) in [6.07, 6.45) is 1.27. The molecule has 15 heavy (non-hydrogen) atoms. The number of hydrogen-bond acceptors (Lipinski definition) is 5. The zero-order valence-corrected chi connectivity index (χ0v) is 8.18. The minimum Gasteiger partial charge on any atom is -0.482 e. The Labute approximate surface area is 85.4 Å². The fourth-order valence-corrected chi connectivity index (χ4v) is 1.33. The predicted octanol–water partition coefficient (Wildman–Crippen LogP) is -0.595. The van der Waals surface area contributed by atoms with Gasteiger partial charge in [-0.3, -0.25) is 4.79 Å². The Morgan fingerprint density at radius 2 is 2.20 bits per heavy atom. The highest BCUT2D eigenvalue weighted by Gasteiger charge is 2.36. The molecule has 0 amide bonds. The summed E-state index contributed by atoms with van der Waals surface area (Å²) in [4.78, 5) is 33.5. The predicted molar refractivity (Wildman–Crippen MR) is 48.2 cm³/mol. The molecule has 1 aliphatic heterocycles. The Kier molecular flexibility index (Phi) is 2.92. The van der Waals surface area contributed by atoms with Crippen molar-refractivity contribution in [3.63, 3.8) is 0 Å². The van der Waals surface area contributed by atoms with Crippen LogP contribution in [0.3, 0.4) is 0 Å². The second-order valence-corrected chi connectivity index (χ2v) is 2.90. The van der Waals surface area contributed by atoms with Crippen LogP contribution in [0, 0.1) is 5.92 Å². The molecule has 0 saturated carbocycles. The van der Waals surface area contributed by atoms with Crippen molar-refractivity contribution in [2.75, 3.05) is 14.2 Å². The van der Waals surface area contributed by atoms with Crippen molar-refractivity contribution in [2.45, 2.75) is 0 Å². The van der Waals surface area contributed by atoms with E-state index in [-0.39, 0.29) is 11.6 Å². The van der Waals surface area contributed by atoms with Crippen LogP contribution in [-0.4, -0.2) is 41.9 Å². The zero-order chi connectivity index (χ0) is 11.6. The lowest BCUT2D eigenvalue weighted by molar-refractivity contribution is -0.149. The average Bonchev–Trinajstić information content (AvgIpc) is 2.53. The molecule has 0 bridgehead atoms. The largest absolute Gasteiger partial charge is 0.482 e. The van der Waals surface area contributed by atoms with E-state index in [2.05, 4.69) is 0 Å². The van der Waals surface area contributed by atoms with Crippen molar-refractivity contribution in [1.82, 2.24) is 4.90 Å². The standard InChI is InChI=1S/C9H9NO5/c1-10-6(4-11)5(3-7(10)15-2)8(12)9(13)14/h3,5H,1-2H3,(H,13,14). The molecule has 0 aliphatic carbocycles. The van der Waals surface area contributed by atoms with Gasteiger partial charge >= 0.3 is 5.97 Å². The average molecular weight is 211 g/mol. The second kappa shape index (κ2) is 3.98. The van der Waals surface area contributed by atoms with E-state index < -0.39 is 17.7 Å². The van der Waals surface area contributed by atoms with Crippen LogP contribution < -0.4 is 0 Å². The number of hydrogen-bond donors (Lipinski definition) is 1. The van der Waals surface area contributed by atoms with Gasteiger partial charge in [-0.1, -0.05) is 0 Å². The quantitative estimate of drug-likeness (QED) is 0.496. The maximum absolute atomic E-state index is 11.2. The number of nitrogens with zero attached hydrogens (tertiary/aromatic N) is 1.